The Labute approximate surface area is 123 Å². The summed E-state index contributed by atoms with van der Waals surface area (Å²) >= 11 is 0. The van der Waals surface area contributed by atoms with Gasteiger partial charge in [-0.05, 0) is 24.3 Å². The number of rotatable bonds is 3. The van der Waals surface area contributed by atoms with Crippen LogP contribution in [0.2, 0.25) is 0 Å². The van der Waals surface area contributed by atoms with Crippen LogP contribution >= 0.6 is 0 Å². The van der Waals surface area contributed by atoms with Crippen LogP contribution in [0.3, 0.4) is 0 Å². The Kier molecular flexibility index (Phi) is 3.34. The third-order valence-corrected chi connectivity index (χ3v) is 3.04. The van der Waals surface area contributed by atoms with Crippen molar-refractivity contribution in [3.05, 3.63) is 57.9 Å². The van der Waals surface area contributed by atoms with Gasteiger partial charge < -0.3 is 14.8 Å². The van der Waals surface area contributed by atoms with E-state index in [-0.39, 0.29) is 23.7 Å². The number of non-ortho nitro benzene ring substituents is 1. The molecule has 1 N–H and O–H groups in total. The molecule has 7 nitrogen and oxygen atoms in total. The smallest absolute Gasteiger partial charge is 0.271 e. The van der Waals surface area contributed by atoms with Gasteiger partial charge in [-0.15, -0.1) is 0 Å². The van der Waals surface area contributed by atoms with Gasteiger partial charge in [-0.2, -0.15) is 0 Å². The third-order valence-electron chi connectivity index (χ3n) is 3.04. The minimum absolute atomic E-state index is 0.0694. The van der Waals surface area contributed by atoms with Gasteiger partial charge in [0.25, 0.3) is 11.6 Å². The van der Waals surface area contributed by atoms with E-state index < -0.39 is 16.6 Å². The second kappa shape index (κ2) is 5.32. The standard InChI is InChI=1S/C14H9FN2O5/c15-10-3-2-9(17(19)20)6-11(10)16-14(18)8-1-4-12-13(5-8)22-7-21-12/h1-6H,7H2,(H,16,18). The molecule has 0 saturated carbocycles. The van der Waals surface area contributed by atoms with Crippen LogP contribution in [0.25, 0.3) is 0 Å². The van der Waals surface area contributed by atoms with E-state index in [1.54, 1.807) is 6.07 Å². The van der Waals surface area contributed by atoms with Gasteiger partial charge in [0.1, 0.15) is 5.82 Å². The maximum absolute atomic E-state index is 13.6. The second-order valence-corrected chi connectivity index (χ2v) is 4.44. The molecule has 1 amide bonds. The Morgan fingerprint density at radius 1 is 1.18 bits per heavy atom. The van der Waals surface area contributed by atoms with Gasteiger partial charge in [-0.25, -0.2) is 4.39 Å². The van der Waals surface area contributed by atoms with Crippen molar-refractivity contribution in [2.45, 2.75) is 0 Å². The number of anilines is 1. The van der Waals surface area contributed by atoms with E-state index in [1.807, 2.05) is 0 Å². The van der Waals surface area contributed by atoms with Gasteiger partial charge in [0, 0.05) is 17.7 Å². The lowest BCUT2D eigenvalue weighted by Gasteiger charge is -2.07. The minimum Gasteiger partial charge on any atom is -0.454 e. The summed E-state index contributed by atoms with van der Waals surface area (Å²) in [6, 6.07) is 7.39. The molecule has 0 radical (unpaired) electrons. The van der Waals surface area contributed by atoms with Crippen LogP contribution in [-0.2, 0) is 0 Å². The van der Waals surface area contributed by atoms with Crippen molar-refractivity contribution in [3.8, 4) is 11.5 Å². The zero-order chi connectivity index (χ0) is 15.7. The van der Waals surface area contributed by atoms with E-state index in [4.69, 9.17) is 9.47 Å². The maximum atomic E-state index is 13.6. The largest absolute Gasteiger partial charge is 0.454 e. The van der Waals surface area contributed by atoms with Crippen LogP contribution in [-0.4, -0.2) is 17.6 Å². The Morgan fingerprint density at radius 2 is 1.95 bits per heavy atom. The third kappa shape index (κ3) is 2.53. The molecule has 0 unspecified atom stereocenters. The van der Waals surface area contributed by atoms with Crippen molar-refractivity contribution in [1.29, 1.82) is 0 Å². The molecule has 0 atom stereocenters. The van der Waals surface area contributed by atoms with E-state index in [9.17, 15) is 19.3 Å². The molecule has 2 aromatic carbocycles. The van der Waals surface area contributed by atoms with Crippen molar-refractivity contribution < 1.29 is 23.6 Å². The Balaban J connectivity index is 1.85. The minimum atomic E-state index is -0.764. The number of nitro benzene ring substituents is 1. The Hall–Kier alpha value is -3.16. The summed E-state index contributed by atoms with van der Waals surface area (Å²) in [7, 11) is 0. The normalized spacial score (nSPS) is 12.0. The van der Waals surface area contributed by atoms with E-state index in [0.717, 1.165) is 18.2 Å². The summed E-state index contributed by atoms with van der Waals surface area (Å²) in [5.41, 5.74) is -0.366. The lowest BCUT2D eigenvalue weighted by molar-refractivity contribution is -0.384. The first-order valence-electron chi connectivity index (χ1n) is 6.19. The fourth-order valence-corrected chi connectivity index (χ4v) is 1.95. The number of fused-ring (bicyclic) bond motifs is 1. The molecule has 22 heavy (non-hydrogen) atoms. The SMILES string of the molecule is O=C(Nc1cc([N+](=O)[O-])ccc1F)c1ccc2c(c1)OCO2. The number of hydrogen-bond donors (Lipinski definition) is 1. The van der Waals surface area contributed by atoms with Crippen LogP contribution < -0.4 is 14.8 Å². The first-order chi connectivity index (χ1) is 10.5. The summed E-state index contributed by atoms with van der Waals surface area (Å²) < 4.78 is 23.9. The summed E-state index contributed by atoms with van der Waals surface area (Å²) in [5.74, 6) is -0.456. The number of halogens is 1. The van der Waals surface area contributed by atoms with E-state index in [0.29, 0.717) is 11.5 Å². The molecule has 0 saturated heterocycles. The molecule has 1 aliphatic heterocycles. The molecule has 0 spiro atoms. The van der Waals surface area contributed by atoms with Crippen LogP contribution in [0, 0.1) is 15.9 Å². The number of nitro groups is 1. The first kappa shape index (κ1) is 13.8. The summed E-state index contributed by atoms with van der Waals surface area (Å²) in [6.45, 7) is 0.0694. The zero-order valence-corrected chi connectivity index (χ0v) is 11.0. The average Bonchev–Trinajstić information content (AvgIpc) is 2.96. The van der Waals surface area contributed by atoms with Gasteiger partial charge in [-0.3, -0.25) is 14.9 Å². The quantitative estimate of drug-likeness (QED) is 0.695. The number of nitrogens with one attached hydrogen (secondary N) is 1. The molecular formula is C14H9FN2O5. The topological polar surface area (TPSA) is 90.7 Å². The highest BCUT2D eigenvalue weighted by atomic mass is 19.1. The number of hydrogen-bond acceptors (Lipinski definition) is 5. The lowest BCUT2D eigenvalue weighted by atomic mass is 10.2. The number of amides is 1. The number of carbonyl (C=O) groups is 1. The molecule has 112 valence electrons. The van der Waals surface area contributed by atoms with Crippen LogP contribution in [0.4, 0.5) is 15.8 Å². The number of benzene rings is 2. The molecule has 1 aliphatic rings. The highest BCUT2D eigenvalue weighted by Gasteiger charge is 2.18. The van der Waals surface area contributed by atoms with Gasteiger partial charge in [0.05, 0.1) is 10.6 Å². The summed E-state index contributed by atoms with van der Waals surface area (Å²) in [5, 5.41) is 13.0. The fraction of sp³-hybridized carbons (Fsp3) is 0.0714. The van der Waals surface area contributed by atoms with Gasteiger partial charge in [0.15, 0.2) is 11.5 Å². The van der Waals surface area contributed by atoms with E-state index >= 15 is 0 Å². The maximum Gasteiger partial charge on any atom is 0.271 e. The summed E-state index contributed by atoms with van der Waals surface area (Å²) in [6.07, 6.45) is 0. The van der Waals surface area contributed by atoms with E-state index in [2.05, 4.69) is 5.32 Å². The Morgan fingerprint density at radius 3 is 2.73 bits per heavy atom. The second-order valence-electron chi connectivity index (χ2n) is 4.44. The Bertz CT molecular complexity index is 778. The van der Waals surface area contributed by atoms with Gasteiger partial charge in [0.2, 0.25) is 6.79 Å². The zero-order valence-electron chi connectivity index (χ0n) is 11.0. The van der Waals surface area contributed by atoms with Gasteiger partial charge >= 0.3 is 0 Å². The lowest BCUT2D eigenvalue weighted by Crippen LogP contribution is -2.13. The molecule has 0 bridgehead atoms. The van der Waals surface area contributed by atoms with Crippen LogP contribution in [0.1, 0.15) is 10.4 Å². The monoisotopic (exact) mass is 304 g/mol. The molecule has 2 aromatic rings. The number of ether oxygens (including phenoxy) is 2. The van der Waals surface area contributed by atoms with Crippen molar-refractivity contribution in [2.75, 3.05) is 12.1 Å². The molecule has 3 rings (SSSR count). The van der Waals surface area contributed by atoms with Gasteiger partial charge in [-0.1, -0.05) is 0 Å². The number of nitrogens with zero attached hydrogens (tertiary/aromatic N) is 1. The van der Waals surface area contributed by atoms with Crippen LogP contribution in [0.15, 0.2) is 36.4 Å². The predicted octanol–water partition coefficient (Wildman–Crippen LogP) is 2.71. The van der Waals surface area contributed by atoms with Crippen molar-refractivity contribution in [3.63, 3.8) is 0 Å². The molecule has 8 heteroatoms. The van der Waals surface area contributed by atoms with Crippen molar-refractivity contribution >= 4 is 17.3 Å². The highest BCUT2D eigenvalue weighted by molar-refractivity contribution is 6.04. The fourth-order valence-electron chi connectivity index (χ4n) is 1.95. The molecular weight excluding hydrogens is 295 g/mol. The average molecular weight is 304 g/mol. The molecule has 1 heterocycles. The molecule has 0 aromatic heterocycles. The van der Waals surface area contributed by atoms with E-state index in [1.165, 1.54) is 12.1 Å². The van der Waals surface area contributed by atoms with Crippen molar-refractivity contribution in [1.82, 2.24) is 0 Å². The molecule has 0 aliphatic carbocycles. The van der Waals surface area contributed by atoms with Crippen LogP contribution in [0.5, 0.6) is 11.5 Å². The van der Waals surface area contributed by atoms with Crippen molar-refractivity contribution in [2.24, 2.45) is 0 Å². The highest BCUT2D eigenvalue weighted by Crippen LogP contribution is 2.32. The summed E-state index contributed by atoms with van der Waals surface area (Å²) in [4.78, 5) is 22.1. The molecule has 0 fully saturated rings. The predicted molar refractivity (Wildman–Crippen MR) is 73.6 cm³/mol. The first-order valence-corrected chi connectivity index (χ1v) is 6.19. The number of carbonyl (C=O) groups excluding carboxylic acids is 1.